The lowest BCUT2D eigenvalue weighted by molar-refractivity contribution is -0.148. The number of aliphatic hydroxyl groups is 3. The molecule has 3 aliphatic carbocycles. The number of rotatable bonds is 2. The molecule has 0 amide bonds. The van der Waals surface area contributed by atoms with Gasteiger partial charge in [0.05, 0.1) is 11.6 Å². The quantitative estimate of drug-likeness (QED) is 0.522. The monoisotopic (exact) mass is 427 g/mol. The Balaban J connectivity index is 1.98. The van der Waals surface area contributed by atoms with Gasteiger partial charge in [-0.3, -0.25) is 19.3 Å². The maximum atomic E-state index is 13.3. The molecule has 0 heterocycles. The van der Waals surface area contributed by atoms with Gasteiger partial charge in [-0.2, -0.15) is 0 Å². The topological polar surface area (TPSA) is 135 Å². The van der Waals surface area contributed by atoms with Crippen LogP contribution in [0.1, 0.15) is 34.8 Å². The number of ketones is 3. The van der Waals surface area contributed by atoms with Crippen LogP contribution in [0.4, 0.5) is 0 Å². The van der Waals surface area contributed by atoms with Crippen molar-refractivity contribution >= 4 is 17.3 Å². The van der Waals surface area contributed by atoms with Gasteiger partial charge in [-0.15, -0.1) is 0 Å². The Kier molecular flexibility index (Phi) is 4.64. The fraction of sp³-hybridized carbons (Fsp3) is 0.435. The molecule has 8 nitrogen and oxygen atoms in total. The number of fused-ring (bicyclic) bond motifs is 3. The Morgan fingerprint density at radius 2 is 1.81 bits per heavy atom. The number of hydrogen-bond acceptors (Lipinski definition) is 8. The fourth-order valence-corrected chi connectivity index (χ4v) is 5.51. The van der Waals surface area contributed by atoms with E-state index < -0.39 is 57.9 Å². The van der Waals surface area contributed by atoms with E-state index in [2.05, 4.69) is 0 Å². The Morgan fingerprint density at radius 1 is 1.16 bits per heavy atom. The molecule has 4 atom stereocenters. The zero-order valence-corrected chi connectivity index (χ0v) is 17.8. The molecular weight excluding hydrogens is 402 g/mol. The number of aliphatic hydroxyl groups excluding tert-OH is 2. The molecule has 0 spiro atoms. The van der Waals surface area contributed by atoms with Gasteiger partial charge in [0.1, 0.15) is 22.8 Å². The van der Waals surface area contributed by atoms with Crippen LogP contribution in [0.5, 0.6) is 5.75 Å². The van der Waals surface area contributed by atoms with E-state index in [0.717, 1.165) is 12.5 Å². The van der Waals surface area contributed by atoms with Crippen LogP contribution in [0.3, 0.4) is 0 Å². The molecule has 0 radical (unpaired) electrons. The third-order valence-electron chi connectivity index (χ3n) is 6.95. The van der Waals surface area contributed by atoms with E-state index in [1.807, 2.05) is 6.92 Å². The Labute approximate surface area is 179 Å². The Morgan fingerprint density at radius 3 is 2.39 bits per heavy atom. The minimum absolute atomic E-state index is 0.0532. The third-order valence-corrected chi connectivity index (χ3v) is 6.95. The summed E-state index contributed by atoms with van der Waals surface area (Å²) in [7, 11) is 3.27. The molecule has 4 N–H and O–H groups in total. The zero-order valence-electron chi connectivity index (χ0n) is 17.8. The molecule has 0 saturated heterocycles. The van der Waals surface area contributed by atoms with Crippen LogP contribution < -0.4 is 0 Å². The highest BCUT2D eigenvalue weighted by atomic mass is 16.3. The maximum Gasteiger partial charge on any atom is 0.209 e. The number of carbonyl (C=O) groups is 3. The number of likely N-dealkylation sites (N-methyl/N-ethyl adjacent to an activating group) is 1. The molecule has 1 aromatic carbocycles. The lowest BCUT2D eigenvalue weighted by Gasteiger charge is -2.50. The summed E-state index contributed by atoms with van der Waals surface area (Å²) in [6.07, 6.45) is 0.450. The van der Waals surface area contributed by atoms with E-state index in [1.165, 1.54) is 6.07 Å². The minimum Gasteiger partial charge on any atom is -0.510 e. The van der Waals surface area contributed by atoms with E-state index in [9.17, 15) is 34.8 Å². The molecule has 0 aliphatic heterocycles. The van der Waals surface area contributed by atoms with E-state index in [0.29, 0.717) is 12.0 Å². The summed E-state index contributed by atoms with van der Waals surface area (Å²) in [4.78, 5) is 40.2. The van der Waals surface area contributed by atoms with E-state index in [4.69, 9.17) is 0 Å². The van der Waals surface area contributed by atoms with Crippen molar-refractivity contribution in [1.29, 1.82) is 0 Å². The molecule has 4 rings (SSSR count). The van der Waals surface area contributed by atoms with Gasteiger partial charge in [-0.25, -0.2) is 0 Å². The van der Waals surface area contributed by atoms with Gasteiger partial charge in [0.15, 0.2) is 17.2 Å². The van der Waals surface area contributed by atoms with Gasteiger partial charge in [0.2, 0.25) is 5.78 Å². The largest absolute Gasteiger partial charge is 0.510 e. The lowest BCUT2D eigenvalue weighted by Crippen LogP contribution is -2.63. The van der Waals surface area contributed by atoms with Crippen LogP contribution in [0, 0.1) is 18.8 Å². The summed E-state index contributed by atoms with van der Waals surface area (Å²) < 4.78 is 0. The van der Waals surface area contributed by atoms with Gasteiger partial charge < -0.3 is 20.4 Å². The molecule has 31 heavy (non-hydrogen) atoms. The second-order valence-corrected chi connectivity index (χ2v) is 8.91. The van der Waals surface area contributed by atoms with E-state index in [1.54, 1.807) is 25.1 Å². The summed E-state index contributed by atoms with van der Waals surface area (Å²) >= 11 is 0. The maximum absolute atomic E-state index is 13.3. The van der Waals surface area contributed by atoms with Crippen molar-refractivity contribution in [3.8, 4) is 5.75 Å². The number of benzene rings is 1. The van der Waals surface area contributed by atoms with Gasteiger partial charge in [-0.1, -0.05) is 6.07 Å². The smallest absolute Gasteiger partial charge is 0.209 e. The molecular formula is C23H25NO7. The van der Waals surface area contributed by atoms with Crippen molar-refractivity contribution in [3.05, 3.63) is 51.5 Å². The summed E-state index contributed by atoms with van der Waals surface area (Å²) in [5.74, 6) is -5.47. The first-order chi connectivity index (χ1) is 14.4. The number of Topliss-reactive ketones (excluding diaryl/α,β-unsaturated/α-hetero) is 3. The number of carbonyl (C=O) groups excluding carboxylic acids is 3. The summed E-state index contributed by atoms with van der Waals surface area (Å²) in [5, 5.41) is 43.7. The molecule has 0 unspecified atom stereocenters. The van der Waals surface area contributed by atoms with Gasteiger partial charge >= 0.3 is 0 Å². The first kappa shape index (κ1) is 21.3. The predicted molar refractivity (Wildman–Crippen MR) is 110 cm³/mol. The van der Waals surface area contributed by atoms with Crippen LogP contribution in [0.15, 0.2) is 34.8 Å². The van der Waals surface area contributed by atoms with Crippen molar-refractivity contribution in [2.24, 2.45) is 11.8 Å². The number of aromatic hydroxyl groups is 1. The molecule has 1 aromatic rings. The zero-order chi connectivity index (χ0) is 23.0. The number of hydrogen-bond donors (Lipinski definition) is 4. The van der Waals surface area contributed by atoms with Gasteiger partial charge in [0, 0.05) is 11.5 Å². The standard InChI is InChI=1S/C23H25NO7/c1-9-5-6-14(26)17-12(9)7-11-8-13-18(24(3)4)20(28)15(10(2)25)21(29)23(13,31)22(30)16(11)19(17)27/h5-6,11,13,18,26,28,30-31H,7-8H2,1-4H3/t11-,13-,18-,23+/m0/s1. The lowest BCUT2D eigenvalue weighted by atomic mass is 9.58. The van der Waals surface area contributed by atoms with Crippen LogP contribution >= 0.6 is 0 Å². The minimum atomic E-state index is -2.53. The highest BCUT2D eigenvalue weighted by Gasteiger charge is 2.63. The number of phenolic OH excluding ortho intramolecular Hbond substituents is 1. The second kappa shape index (κ2) is 6.77. The molecule has 3 aliphatic rings. The number of nitrogens with zero attached hydrogens (tertiary/aromatic N) is 1. The average Bonchev–Trinajstić information content (AvgIpc) is 2.67. The average molecular weight is 427 g/mol. The van der Waals surface area contributed by atoms with E-state index in [-0.39, 0.29) is 23.3 Å². The summed E-state index contributed by atoms with van der Waals surface area (Å²) in [6.45, 7) is 2.91. The summed E-state index contributed by atoms with van der Waals surface area (Å²) in [6, 6.07) is 2.19. The molecule has 0 fully saturated rings. The molecule has 0 aromatic heterocycles. The van der Waals surface area contributed by atoms with Crippen molar-refractivity contribution in [2.75, 3.05) is 14.1 Å². The van der Waals surface area contributed by atoms with Crippen LogP contribution in [-0.4, -0.2) is 68.4 Å². The van der Waals surface area contributed by atoms with E-state index >= 15 is 0 Å². The van der Waals surface area contributed by atoms with Crippen molar-refractivity contribution in [2.45, 2.75) is 38.3 Å². The first-order valence-corrected chi connectivity index (χ1v) is 10.1. The van der Waals surface area contributed by atoms with Gasteiger partial charge in [0.25, 0.3) is 0 Å². The molecule has 0 saturated carbocycles. The van der Waals surface area contributed by atoms with Crippen molar-refractivity contribution < 1.29 is 34.8 Å². The van der Waals surface area contributed by atoms with Crippen LogP contribution in [-0.2, 0) is 16.0 Å². The first-order valence-electron chi connectivity index (χ1n) is 10.1. The van der Waals surface area contributed by atoms with Gasteiger partial charge in [-0.05, 0) is 63.9 Å². The predicted octanol–water partition coefficient (Wildman–Crippen LogP) is 1.53. The third kappa shape index (κ3) is 2.64. The van der Waals surface area contributed by atoms with Crippen LogP contribution in [0.2, 0.25) is 0 Å². The Bertz CT molecular complexity index is 1110. The number of aryl methyl sites for hydroxylation is 1. The summed E-state index contributed by atoms with van der Waals surface area (Å²) in [5.41, 5.74) is -1.71. The van der Waals surface area contributed by atoms with Crippen molar-refractivity contribution in [1.82, 2.24) is 4.90 Å². The Hall–Kier alpha value is -2.97. The fourth-order valence-electron chi connectivity index (χ4n) is 5.51. The second-order valence-electron chi connectivity index (χ2n) is 8.91. The number of phenols is 1. The normalized spacial score (nSPS) is 30.3. The highest BCUT2D eigenvalue weighted by molar-refractivity contribution is 6.25. The molecule has 164 valence electrons. The molecule has 0 bridgehead atoms. The SMILES string of the molecule is CC(=O)C1=C(O)[C@@H](N(C)C)[C@@H]2C[C@@H]3Cc4c(C)ccc(O)c4C(=O)C3=C(O)[C@]2(O)C1=O. The number of allylic oxidation sites excluding steroid dienone is 1. The molecule has 8 heteroatoms. The highest BCUT2D eigenvalue weighted by Crippen LogP contribution is 2.52. The van der Waals surface area contributed by atoms with Crippen LogP contribution in [0.25, 0.3) is 0 Å². The van der Waals surface area contributed by atoms with Crippen molar-refractivity contribution in [3.63, 3.8) is 0 Å².